The van der Waals surface area contributed by atoms with Gasteiger partial charge in [0.05, 0.1) is 11.1 Å². The molecule has 1 unspecified atom stereocenters. The molecule has 0 aromatic carbocycles. The summed E-state index contributed by atoms with van der Waals surface area (Å²) < 4.78 is 5.33. The van der Waals surface area contributed by atoms with E-state index in [0.29, 0.717) is 12.2 Å². The van der Waals surface area contributed by atoms with Crippen molar-refractivity contribution in [2.24, 2.45) is 0 Å². The van der Waals surface area contributed by atoms with Gasteiger partial charge in [-0.1, -0.05) is 6.92 Å². The molecular formula is C13H27NO2. The van der Waals surface area contributed by atoms with Crippen LogP contribution >= 0.6 is 0 Å². The van der Waals surface area contributed by atoms with Crippen molar-refractivity contribution in [3.63, 3.8) is 0 Å². The molecule has 0 N–H and O–H groups in total. The van der Waals surface area contributed by atoms with Gasteiger partial charge in [0, 0.05) is 13.5 Å². The van der Waals surface area contributed by atoms with E-state index in [2.05, 4.69) is 6.92 Å². The molecule has 0 fully saturated rings. The van der Waals surface area contributed by atoms with E-state index >= 15 is 0 Å². The molecular weight excluding hydrogens is 202 g/mol. The van der Waals surface area contributed by atoms with Crippen molar-refractivity contribution in [2.75, 3.05) is 21.2 Å². The van der Waals surface area contributed by atoms with Gasteiger partial charge in [-0.2, -0.15) is 0 Å². The number of methoxy groups -OCH3 is 1. The van der Waals surface area contributed by atoms with Crippen molar-refractivity contribution in [1.29, 1.82) is 0 Å². The smallest absolute Gasteiger partial charge is 0.152 e. The van der Waals surface area contributed by atoms with Crippen molar-refractivity contribution >= 4 is 5.78 Å². The minimum Gasteiger partial charge on any atom is -0.379 e. The van der Waals surface area contributed by atoms with Crippen LogP contribution in [0.3, 0.4) is 0 Å². The highest BCUT2D eigenvalue weighted by Gasteiger charge is 2.33. The van der Waals surface area contributed by atoms with Crippen LogP contribution in [0.15, 0.2) is 0 Å². The summed E-state index contributed by atoms with van der Waals surface area (Å²) >= 11 is 0. The Labute approximate surface area is 100 Å². The van der Waals surface area contributed by atoms with E-state index in [4.69, 9.17) is 4.74 Å². The summed E-state index contributed by atoms with van der Waals surface area (Å²) in [5.74, 6) is 0.296. The first-order valence-electron chi connectivity index (χ1n) is 5.95. The Hall–Kier alpha value is -0.410. The van der Waals surface area contributed by atoms with Crippen LogP contribution in [0.25, 0.3) is 0 Å². The van der Waals surface area contributed by atoms with Crippen LogP contribution in [-0.4, -0.2) is 43.0 Å². The average molecular weight is 229 g/mol. The molecule has 96 valence electrons. The normalized spacial score (nSPS) is 16.2. The molecule has 3 heteroatoms. The first kappa shape index (κ1) is 15.6. The molecule has 0 aromatic rings. The molecule has 1 atom stereocenters. The molecule has 16 heavy (non-hydrogen) atoms. The molecule has 0 spiro atoms. The molecule has 0 amide bonds. The van der Waals surface area contributed by atoms with Crippen molar-refractivity contribution < 1.29 is 9.53 Å². The number of carbonyl (C=O) groups is 1. The third-order valence-electron chi connectivity index (χ3n) is 3.78. The van der Waals surface area contributed by atoms with E-state index in [-0.39, 0.29) is 11.1 Å². The Balaban J connectivity index is 4.46. The Bertz CT molecular complexity index is 236. The number of rotatable bonds is 7. The van der Waals surface area contributed by atoms with Gasteiger partial charge in [-0.05, 0) is 47.7 Å². The average Bonchev–Trinajstić information content (AvgIpc) is 2.24. The van der Waals surface area contributed by atoms with Gasteiger partial charge in [-0.15, -0.1) is 0 Å². The minimum absolute atomic E-state index is 0.212. The Morgan fingerprint density at radius 3 is 2.06 bits per heavy atom. The third-order valence-corrected chi connectivity index (χ3v) is 3.78. The molecule has 0 rings (SSSR count). The fourth-order valence-electron chi connectivity index (χ4n) is 1.55. The lowest BCUT2D eigenvalue weighted by Gasteiger charge is -2.35. The first-order chi connectivity index (χ1) is 7.19. The molecule has 0 saturated heterocycles. The number of Topliss-reactive ketones (excluding diaryl/α,β-unsaturated/α-hetero) is 1. The number of likely N-dealkylation sites (N-methyl/N-ethyl adjacent to an activating group) is 1. The zero-order chi connectivity index (χ0) is 13.0. The minimum atomic E-state index is -0.343. The lowest BCUT2D eigenvalue weighted by molar-refractivity contribution is -0.130. The van der Waals surface area contributed by atoms with Gasteiger partial charge in [0.2, 0.25) is 0 Å². The van der Waals surface area contributed by atoms with Crippen LogP contribution in [0.4, 0.5) is 0 Å². The van der Waals surface area contributed by atoms with Crippen LogP contribution < -0.4 is 0 Å². The lowest BCUT2D eigenvalue weighted by Crippen LogP contribution is -2.48. The maximum Gasteiger partial charge on any atom is 0.152 e. The van der Waals surface area contributed by atoms with Crippen LogP contribution in [0.2, 0.25) is 0 Å². The van der Waals surface area contributed by atoms with Crippen molar-refractivity contribution in [3.8, 4) is 0 Å². The van der Waals surface area contributed by atoms with E-state index in [1.165, 1.54) is 0 Å². The van der Waals surface area contributed by atoms with Gasteiger partial charge in [-0.25, -0.2) is 0 Å². The SMILES string of the molecule is CCC(C)(C(=O)CCC(C)(C)OC)N(C)C. The highest BCUT2D eigenvalue weighted by molar-refractivity contribution is 5.87. The van der Waals surface area contributed by atoms with Gasteiger partial charge in [-0.3, -0.25) is 9.69 Å². The second-order valence-corrected chi connectivity index (χ2v) is 5.41. The topological polar surface area (TPSA) is 29.5 Å². The fourth-order valence-corrected chi connectivity index (χ4v) is 1.55. The zero-order valence-electron chi connectivity index (χ0n) is 11.9. The second kappa shape index (κ2) is 5.78. The molecule has 0 bridgehead atoms. The van der Waals surface area contributed by atoms with Gasteiger partial charge in [0.25, 0.3) is 0 Å². The van der Waals surface area contributed by atoms with E-state index < -0.39 is 0 Å². The number of carbonyl (C=O) groups excluding carboxylic acids is 1. The largest absolute Gasteiger partial charge is 0.379 e. The Morgan fingerprint density at radius 2 is 1.75 bits per heavy atom. The molecule has 0 radical (unpaired) electrons. The van der Waals surface area contributed by atoms with Crippen molar-refractivity contribution in [1.82, 2.24) is 4.90 Å². The van der Waals surface area contributed by atoms with E-state index in [9.17, 15) is 4.79 Å². The molecule has 0 aliphatic heterocycles. The molecule has 0 aromatic heterocycles. The van der Waals surface area contributed by atoms with Crippen LogP contribution in [0.5, 0.6) is 0 Å². The third kappa shape index (κ3) is 3.87. The fraction of sp³-hybridized carbons (Fsp3) is 0.923. The predicted octanol–water partition coefficient (Wildman–Crippen LogP) is 2.49. The first-order valence-corrected chi connectivity index (χ1v) is 5.95. The monoisotopic (exact) mass is 229 g/mol. The quantitative estimate of drug-likeness (QED) is 0.672. The van der Waals surface area contributed by atoms with Gasteiger partial charge >= 0.3 is 0 Å². The number of hydrogen-bond acceptors (Lipinski definition) is 3. The second-order valence-electron chi connectivity index (χ2n) is 5.41. The highest BCUT2D eigenvalue weighted by Crippen LogP contribution is 2.23. The summed E-state index contributed by atoms with van der Waals surface area (Å²) in [5, 5.41) is 0. The summed E-state index contributed by atoms with van der Waals surface area (Å²) in [6, 6.07) is 0. The summed E-state index contributed by atoms with van der Waals surface area (Å²) in [6.07, 6.45) is 2.18. The molecule has 3 nitrogen and oxygen atoms in total. The molecule has 0 aliphatic carbocycles. The number of nitrogens with zero attached hydrogens (tertiary/aromatic N) is 1. The molecule has 0 aliphatic rings. The van der Waals surface area contributed by atoms with Gasteiger partial charge < -0.3 is 4.74 Å². The van der Waals surface area contributed by atoms with Gasteiger partial charge in [0.1, 0.15) is 0 Å². The van der Waals surface area contributed by atoms with Crippen molar-refractivity contribution in [2.45, 2.75) is 58.1 Å². The van der Waals surface area contributed by atoms with Crippen LogP contribution in [0.1, 0.15) is 47.0 Å². The highest BCUT2D eigenvalue weighted by atomic mass is 16.5. The summed E-state index contributed by atoms with van der Waals surface area (Å²) in [6.45, 7) is 8.09. The maximum atomic E-state index is 12.2. The summed E-state index contributed by atoms with van der Waals surface area (Å²) in [4.78, 5) is 14.2. The summed E-state index contributed by atoms with van der Waals surface area (Å²) in [7, 11) is 5.61. The predicted molar refractivity (Wildman–Crippen MR) is 67.7 cm³/mol. The maximum absolute atomic E-state index is 12.2. The Morgan fingerprint density at radius 1 is 1.25 bits per heavy atom. The van der Waals surface area contributed by atoms with Crippen LogP contribution in [-0.2, 0) is 9.53 Å². The van der Waals surface area contributed by atoms with E-state index in [0.717, 1.165) is 12.8 Å². The summed E-state index contributed by atoms with van der Waals surface area (Å²) in [5.41, 5.74) is -0.555. The Kier molecular flexibility index (Phi) is 5.63. The lowest BCUT2D eigenvalue weighted by atomic mass is 9.87. The molecule has 0 saturated carbocycles. The van der Waals surface area contributed by atoms with Crippen molar-refractivity contribution in [3.05, 3.63) is 0 Å². The van der Waals surface area contributed by atoms with Gasteiger partial charge in [0.15, 0.2) is 5.78 Å². The van der Waals surface area contributed by atoms with Crippen LogP contribution in [0, 0.1) is 0 Å². The van der Waals surface area contributed by atoms with E-state index in [1.54, 1.807) is 7.11 Å². The zero-order valence-corrected chi connectivity index (χ0v) is 11.9. The number of hydrogen-bond donors (Lipinski definition) is 0. The van der Waals surface area contributed by atoms with E-state index in [1.807, 2.05) is 39.8 Å². The molecule has 0 heterocycles. The number of ketones is 1. The standard InChI is InChI=1S/C13H27NO2/c1-8-13(4,14(5)6)11(15)9-10-12(2,3)16-7/h8-10H2,1-7H3. The number of ether oxygens (including phenoxy) is 1.